The molecule has 2 heteroatoms. The Bertz CT molecular complexity index is 1080. The minimum Gasteiger partial charge on any atom is -0.347 e. The van der Waals surface area contributed by atoms with Gasteiger partial charge in [0.15, 0.2) is 0 Å². The van der Waals surface area contributed by atoms with E-state index >= 15 is 0 Å². The van der Waals surface area contributed by atoms with E-state index in [9.17, 15) is 0 Å². The Balaban J connectivity index is 0.00000320. The molecule has 0 aliphatic heterocycles. The van der Waals surface area contributed by atoms with E-state index in [0.717, 1.165) is 24.3 Å². The Morgan fingerprint density at radius 3 is 2.35 bits per heavy atom. The molecule has 0 spiro atoms. The summed E-state index contributed by atoms with van der Waals surface area (Å²) in [7, 11) is 0. The van der Waals surface area contributed by atoms with Crippen LogP contribution in [0.4, 0.5) is 0 Å². The van der Waals surface area contributed by atoms with E-state index in [1.807, 2.05) is 0 Å². The number of aryl methyl sites for hydroxylation is 1. The number of rotatable bonds is 10. The van der Waals surface area contributed by atoms with Crippen LogP contribution in [0.2, 0.25) is 0 Å². The first-order chi connectivity index (χ1) is 17.7. The van der Waals surface area contributed by atoms with Crippen LogP contribution >= 0.6 is 0 Å². The maximum Gasteiger partial charge on any atom is 0.0483 e. The van der Waals surface area contributed by atoms with Crippen LogP contribution in [0.25, 0.3) is 10.9 Å². The standard InChI is InChI=1S/C34H48N2.CH4/c1-26-10-9-14-30(22-26)31(15-6-5-11-27-18-20-28(23-35)21-19-27)33-25-36(24-29-12-3-2-4-13-29)34-17-8-7-16-32(33)34;/h7-10,14,16-17,22,25,27-29,31H,2-6,11-13,15,18-21,23-24,35H2,1H3;1H4. The van der Waals surface area contributed by atoms with Gasteiger partial charge in [0.1, 0.15) is 0 Å². The zero-order valence-corrected chi connectivity index (χ0v) is 22.6. The molecule has 0 amide bonds. The second kappa shape index (κ2) is 13.7. The molecule has 37 heavy (non-hydrogen) atoms. The summed E-state index contributed by atoms with van der Waals surface area (Å²) in [5.41, 5.74) is 11.8. The molecule has 2 fully saturated rings. The summed E-state index contributed by atoms with van der Waals surface area (Å²) >= 11 is 0. The zero-order valence-electron chi connectivity index (χ0n) is 22.6. The van der Waals surface area contributed by atoms with Gasteiger partial charge in [-0.15, -0.1) is 0 Å². The molecule has 2 aromatic carbocycles. The highest BCUT2D eigenvalue weighted by Gasteiger charge is 2.23. The normalized spacial score (nSPS) is 21.6. The lowest BCUT2D eigenvalue weighted by Gasteiger charge is -2.27. The van der Waals surface area contributed by atoms with Crippen molar-refractivity contribution in [3.8, 4) is 0 Å². The fourth-order valence-electron chi connectivity index (χ4n) is 7.28. The van der Waals surface area contributed by atoms with Gasteiger partial charge in [-0.1, -0.05) is 107 Å². The number of aromatic nitrogens is 1. The second-order valence-electron chi connectivity index (χ2n) is 12.1. The largest absolute Gasteiger partial charge is 0.347 e. The summed E-state index contributed by atoms with van der Waals surface area (Å²) in [5, 5.41) is 1.47. The number of unbranched alkanes of at least 4 members (excludes halogenated alkanes) is 1. The SMILES string of the molecule is C.Cc1cccc(C(CCCCC2CCC(CN)CC2)c2cn(CC3CCCCC3)c3ccccc23)c1. The number of benzene rings is 2. The topological polar surface area (TPSA) is 30.9 Å². The third kappa shape index (κ3) is 7.08. The molecule has 0 radical (unpaired) electrons. The highest BCUT2D eigenvalue weighted by Crippen LogP contribution is 2.38. The smallest absolute Gasteiger partial charge is 0.0483 e. The summed E-state index contributed by atoms with van der Waals surface area (Å²) in [6.45, 7) is 4.32. The van der Waals surface area contributed by atoms with Gasteiger partial charge in [0.2, 0.25) is 0 Å². The number of nitrogens with two attached hydrogens (primary N) is 1. The van der Waals surface area contributed by atoms with Gasteiger partial charge in [0.25, 0.3) is 0 Å². The lowest BCUT2D eigenvalue weighted by Crippen LogP contribution is -2.21. The van der Waals surface area contributed by atoms with E-state index in [2.05, 4.69) is 66.2 Å². The Labute approximate surface area is 227 Å². The minimum absolute atomic E-state index is 0. The van der Waals surface area contributed by atoms with Crippen molar-refractivity contribution in [2.75, 3.05) is 6.54 Å². The molecule has 2 nitrogen and oxygen atoms in total. The highest BCUT2D eigenvalue weighted by molar-refractivity contribution is 5.85. The fraction of sp³-hybridized carbons (Fsp3) is 0.600. The van der Waals surface area contributed by atoms with E-state index in [4.69, 9.17) is 5.73 Å². The van der Waals surface area contributed by atoms with Crippen LogP contribution in [0, 0.1) is 24.7 Å². The maximum absolute atomic E-state index is 5.92. The van der Waals surface area contributed by atoms with Gasteiger partial charge in [-0.05, 0) is 80.5 Å². The molecule has 1 aromatic heterocycles. The third-order valence-electron chi connectivity index (χ3n) is 9.47. The molecule has 0 bridgehead atoms. The molecule has 2 saturated carbocycles. The molecule has 2 aliphatic rings. The number of para-hydroxylation sites is 1. The van der Waals surface area contributed by atoms with E-state index in [1.54, 1.807) is 5.56 Å². The van der Waals surface area contributed by atoms with Crippen LogP contribution in [0.15, 0.2) is 54.7 Å². The summed E-state index contributed by atoms with van der Waals surface area (Å²) < 4.78 is 2.61. The van der Waals surface area contributed by atoms with Gasteiger partial charge in [0.05, 0.1) is 0 Å². The molecule has 3 aromatic rings. The molecule has 1 atom stereocenters. The van der Waals surface area contributed by atoms with Gasteiger partial charge in [-0.3, -0.25) is 0 Å². The van der Waals surface area contributed by atoms with Crippen LogP contribution in [0.3, 0.4) is 0 Å². The van der Waals surface area contributed by atoms with E-state index in [0.29, 0.717) is 5.92 Å². The van der Waals surface area contributed by atoms with Gasteiger partial charge in [-0.25, -0.2) is 0 Å². The lowest BCUT2D eigenvalue weighted by atomic mass is 9.79. The number of hydrogen-bond acceptors (Lipinski definition) is 1. The minimum atomic E-state index is 0. The van der Waals surface area contributed by atoms with Crippen molar-refractivity contribution >= 4 is 10.9 Å². The van der Waals surface area contributed by atoms with Gasteiger partial charge >= 0.3 is 0 Å². The summed E-state index contributed by atoms with van der Waals surface area (Å²) in [6, 6.07) is 18.5. The van der Waals surface area contributed by atoms with E-state index < -0.39 is 0 Å². The van der Waals surface area contributed by atoms with Crippen LogP contribution in [-0.4, -0.2) is 11.1 Å². The predicted molar refractivity (Wildman–Crippen MR) is 161 cm³/mol. The number of hydrogen-bond donors (Lipinski definition) is 1. The molecule has 0 saturated heterocycles. The first-order valence-corrected chi connectivity index (χ1v) is 15.1. The van der Waals surface area contributed by atoms with E-state index in [-0.39, 0.29) is 7.43 Å². The highest BCUT2D eigenvalue weighted by atomic mass is 15.0. The maximum atomic E-state index is 5.92. The van der Waals surface area contributed by atoms with Gasteiger partial charge < -0.3 is 10.3 Å². The van der Waals surface area contributed by atoms with Crippen molar-refractivity contribution in [3.63, 3.8) is 0 Å². The fourth-order valence-corrected chi connectivity index (χ4v) is 7.28. The number of fused-ring (bicyclic) bond motifs is 1. The van der Waals surface area contributed by atoms with Crippen molar-refractivity contribution in [1.82, 2.24) is 4.57 Å². The average molecular weight is 501 g/mol. The van der Waals surface area contributed by atoms with Gasteiger partial charge in [0, 0.05) is 29.6 Å². The Morgan fingerprint density at radius 1 is 0.838 bits per heavy atom. The van der Waals surface area contributed by atoms with Crippen molar-refractivity contribution in [1.29, 1.82) is 0 Å². The van der Waals surface area contributed by atoms with Gasteiger partial charge in [-0.2, -0.15) is 0 Å². The molecule has 1 unspecified atom stereocenters. The predicted octanol–water partition coefficient (Wildman–Crippen LogP) is 9.62. The monoisotopic (exact) mass is 500 g/mol. The van der Waals surface area contributed by atoms with Crippen molar-refractivity contribution in [2.24, 2.45) is 23.5 Å². The molecule has 2 N–H and O–H groups in total. The third-order valence-corrected chi connectivity index (χ3v) is 9.47. The van der Waals surface area contributed by atoms with Crippen molar-refractivity contribution in [3.05, 3.63) is 71.4 Å². The number of nitrogens with zero attached hydrogens (tertiary/aromatic N) is 1. The molecule has 2 aliphatic carbocycles. The first-order valence-electron chi connectivity index (χ1n) is 15.1. The second-order valence-corrected chi connectivity index (χ2v) is 12.1. The first kappa shape index (κ1) is 28.0. The van der Waals surface area contributed by atoms with Crippen molar-refractivity contribution < 1.29 is 0 Å². The Hall–Kier alpha value is -2.06. The lowest BCUT2D eigenvalue weighted by molar-refractivity contribution is 0.262. The van der Waals surface area contributed by atoms with Crippen LogP contribution in [0.1, 0.15) is 114 Å². The van der Waals surface area contributed by atoms with Crippen LogP contribution in [0.5, 0.6) is 0 Å². The average Bonchev–Trinajstić information content (AvgIpc) is 3.27. The zero-order chi connectivity index (χ0) is 24.7. The Morgan fingerprint density at radius 2 is 1.59 bits per heavy atom. The van der Waals surface area contributed by atoms with Crippen LogP contribution < -0.4 is 5.73 Å². The van der Waals surface area contributed by atoms with Crippen molar-refractivity contribution in [2.45, 2.75) is 110 Å². The summed E-state index contributed by atoms with van der Waals surface area (Å²) in [5.74, 6) is 3.05. The summed E-state index contributed by atoms with van der Waals surface area (Å²) in [4.78, 5) is 0. The Kier molecular flexibility index (Phi) is 10.3. The molecule has 1 heterocycles. The molecule has 202 valence electrons. The molecule has 5 rings (SSSR count). The van der Waals surface area contributed by atoms with Crippen LogP contribution in [-0.2, 0) is 6.54 Å². The quantitative estimate of drug-likeness (QED) is 0.276. The van der Waals surface area contributed by atoms with E-state index in [1.165, 1.54) is 112 Å². The summed E-state index contributed by atoms with van der Waals surface area (Å²) in [6.07, 6.45) is 20.4. The molecular weight excluding hydrogens is 448 g/mol. The molecular formula is C35H52N2.